The van der Waals surface area contributed by atoms with Gasteiger partial charge in [0.2, 0.25) is 10.0 Å². The highest BCUT2D eigenvalue weighted by Gasteiger charge is 2.30. The first kappa shape index (κ1) is 17.1. The topological polar surface area (TPSA) is 62.3 Å². The largest absolute Gasteiger partial charge is 0.316 e. The number of halogens is 1. The van der Waals surface area contributed by atoms with Crippen molar-refractivity contribution in [2.24, 2.45) is 0 Å². The number of pyridine rings is 1. The summed E-state index contributed by atoms with van der Waals surface area (Å²) >= 11 is 0. The third kappa shape index (κ3) is 3.10. The van der Waals surface area contributed by atoms with Crippen LogP contribution in [0.1, 0.15) is 12.8 Å². The van der Waals surface area contributed by atoms with Gasteiger partial charge in [-0.1, -0.05) is 6.07 Å². The van der Waals surface area contributed by atoms with Crippen molar-refractivity contribution in [1.29, 1.82) is 0 Å². The van der Waals surface area contributed by atoms with Gasteiger partial charge >= 0.3 is 0 Å². The molecule has 0 amide bonds. The molecule has 1 unspecified atom stereocenters. The zero-order valence-electron chi connectivity index (χ0n) is 12.4. The van der Waals surface area contributed by atoms with E-state index < -0.39 is 10.0 Å². The molecule has 1 aliphatic heterocycles. The fourth-order valence-electron chi connectivity index (χ4n) is 2.84. The SMILES string of the molecule is CNC1CCCN(S(=O)(=O)c2cccc3ncccc23)C1.Cl. The lowest BCUT2D eigenvalue weighted by molar-refractivity contribution is 0.293. The number of piperidine rings is 1. The standard InChI is InChI=1S/C15H19N3O2S.ClH/c1-16-12-5-4-10-18(11-12)21(19,20)15-8-2-7-14-13(15)6-3-9-17-14;/h2-3,6-9,12,16H,4-5,10-11H2,1H3;1H. The molecule has 1 N–H and O–H groups in total. The van der Waals surface area contributed by atoms with Gasteiger partial charge in [0.05, 0.1) is 10.4 Å². The average molecular weight is 342 g/mol. The molecule has 0 spiro atoms. The Morgan fingerprint density at radius 3 is 2.86 bits per heavy atom. The summed E-state index contributed by atoms with van der Waals surface area (Å²) in [6.45, 7) is 1.10. The van der Waals surface area contributed by atoms with Gasteiger partial charge in [0.1, 0.15) is 0 Å². The van der Waals surface area contributed by atoms with Gasteiger partial charge < -0.3 is 5.32 Å². The van der Waals surface area contributed by atoms with Crippen LogP contribution in [0.3, 0.4) is 0 Å². The van der Waals surface area contributed by atoms with Gasteiger partial charge in [0.15, 0.2) is 0 Å². The van der Waals surface area contributed by atoms with Crippen LogP contribution in [0, 0.1) is 0 Å². The normalized spacial score (nSPS) is 19.8. The summed E-state index contributed by atoms with van der Waals surface area (Å²) in [6.07, 6.45) is 3.57. The second-order valence-corrected chi connectivity index (χ2v) is 7.22. The molecule has 120 valence electrons. The summed E-state index contributed by atoms with van der Waals surface area (Å²) in [5.41, 5.74) is 0.709. The number of nitrogens with one attached hydrogen (secondary N) is 1. The molecule has 2 aromatic rings. The van der Waals surface area contributed by atoms with Crippen LogP contribution in [0.5, 0.6) is 0 Å². The van der Waals surface area contributed by atoms with Crippen molar-refractivity contribution in [3.8, 4) is 0 Å². The molecule has 0 aliphatic carbocycles. The minimum atomic E-state index is -3.48. The number of fused-ring (bicyclic) bond motifs is 1. The third-order valence-corrected chi connectivity index (χ3v) is 5.94. The van der Waals surface area contributed by atoms with E-state index in [0.29, 0.717) is 28.9 Å². The van der Waals surface area contributed by atoms with Crippen molar-refractivity contribution in [3.63, 3.8) is 0 Å². The van der Waals surface area contributed by atoms with Crippen LogP contribution in [0.15, 0.2) is 41.4 Å². The highest BCUT2D eigenvalue weighted by atomic mass is 35.5. The molecule has 1 aromatic heterocycles. The molecule has 1 saturated heterocycles. The Bertz CT molecular complexity index is 746. The summed E-state index contributed by atoms with van der Waals surface area (Å²) in [5, 5.41) is 3.86. The lowest BCUT2D eigenvalue weighted by atomic mass is 10.1. The number of sulfonamides is 1. The van der Waals surface area contributed by atoms with Crippen LogP contribution in [-0.4, -0.2) is 43.9 Å². The van der Waals surface area contributed by atoms with Crippen LogP contribution in [0.4, 0.5) is 0 Å². The van der Waals surface area contributed by atoms with Gasteiger partial charge in [-0.3, -0.25) is 4.98 Å². The Balaban J connectivity index is 0.00000176. The molecule has 7 heteroatoms. The summed E-state index contributed by atoms with van der Waals surface area (Å²) < 4.78 is 27.4. The summed E-state index contributed by atoms with van der Waals surface area (Å²) in [7, 11) is -1.60. The number of hydrogen-bond acceptors (Lipinski definition) is 4. The van der Waals surface area contributed by atoms with E-state index in [4.69, 9.17) is 0 Å². The number of nitrogens with zero attached hydrogens (tertiary/aromatic N) is 2. The second-order valence-electron chi connectivity index (χ2n) is 5.32. The third-order valence-electron chi connectivity index (χ3n) is 4.02. The minimum Gasteiger partial charge on any atom is -0.316 e. The van der Waals surface area contributed by atoms with Gasteiger partial charge in [-0.05, 0) is 44.2 Å². The van der Waals surface area contributed by atoms with Crippen molar-refractivity contribution in [2.45, 2.75) is 23.8 Å². The maximum absolute atomic E-state index is 12.9. The number of benzene rings is 1. The molecule has 0 bridgehead atoms. The molecule has 1 aromatic carbocycles. The van der Waals surface area contributed by atoms with Crippen LogP contribution in [0.25, 0.3) is 10.9 Å². The molecule has 1 aliphatic rings. The predicted molar refractivity (Wildman–Crippen MR) is 89.8 cm³/mol. The lowest BCUT2D eigenvalue weighted by Crippen LogP contribution is -2.46. The maximum Gasteiger partial charge on any atom is 0.243 e. The Hall–Kier alpha value is -1.21. The molecule has 1 atom stereocenters. The van der Waals surface area contributed by atoms with E-state index in [0.717, 1.165) is 12.8 Å². The molecule has 5 nitrogen and oxygen atoms in total. The van der Waals surface area contributed by atoms with Crippen molar-refractivity contribution in [3.05, 3.63) is 36.5 Å². The van der Waals surface area contributed by atoms with E-state index in [1.807, 2.05) is 19.2 Å². The van der Waals surface area contributed by atoms with Crippen molar-refractivity contribution >= 4 is 33.3 Å². The van der Waals surface area contributed by atoms with Gasteiger partial charge in [-0.2, -0.15) is 4.31 Å². The summed E-state index contributed by atoms with van der Waals surface area (Å²) in [5.74, 6) is 0. The first-order valence-electron chi connectivity index (χ1n) is 7.14. The highest BCUT2D eigenvalue weighted by molar-refractivity contribution is 7.89. The Morgan fingerprint density at radius 1 is 1.27 bits per heavy atom. The quantitative estimate of drug-likeness (QED) is 0.928. The first-order chi connectivity index (χ1) is 10.1. The van der Waals surface area contributed by atoms with Gasteiger partial charge in [-0.25, -0.2) is 8.42 Å². The zero-order valence-corrected chi connectivity index (χ0v) is 14.0. The van der Waals surface area contributed by atoms with Crippen LogP contribution < -0.4 is 5.32 Å². The molecular weight excluding hydrogens is 322 g/mol. The molecule has 22 heavy (non-hydrogen) atoms. The Morgan fingerprint density at radius 2 is 2.09 bits per heavy atom. The van der Waals surface area contributed by atoms with Crippen molar-refractivity contribution in [1.82, 2.24) is 14.6 Å². The molecular formula is C15H20ClN3O2S. The zero-order chi connectivity index (χ0) is 14.9. The fraction of sp³-hybridized carbons (Fsp3) is 0.400. The molecule has 1 fully saturated rings. The number of aromatic nitrogens is 1. The second kappa shape index (κ2) is 6.91. The monoisotopic (exact) mass is 341 g/mol. The fourth-order valence-corrected chi connectivity index (χ4v) is 4.56. The van der Waals surface area contributed by atoms with E-state index in [9.17, 15) is 8.42 Å². The van der Waals surface area contributed by atoms with Crippen LogP contribution in [0.2, 0.25) is 0 Å². The predicted octanol–water partition coefficient (Wildman–Crippen LogP) is 2.03. The summed E-state index contributed by atoms with van der Waals surface area (Å²) in [6, 6.07) is 9.06. The molecule has 0 saturated carbocycles. The molecule has 0 radical (unpaired) electrons. The van der Waals surface area contributed by atoms with E-state index in [1.54, 1.807) is 28.7 Å². The molecule has 2 heterocycles. The maximum atomic E-state index is 12.9. The van der Waals surface area contributed by atoms with Gasteiger partial charge in [-0.15, -0.1) is 12.4 Å². The Labute approximate surface area is 137 Å². The number of rotatable bonds is 3. The van der Waals surface area contributed by atoms with E-state index in [-0.39, 0.29) is 18.4 Å². The highest BCUT2D eigenvalue weighted by Crippen LogP contribution is 2.26. The average Bonchev–Trinajstić information content (AvgIpc) is 2.54. The van der Waals surface area contributed by atoms with Crippen LogP contribution in [-0.2, 0) is 10.0 Å². The molecule has 3 rings (SSSR count). The van der Waals surface area contributed by atoms with Crippen molar-refractivity contribution in [2.75, 3.05) is 20.1 Å². The minimum absolute atomic E-state index is 0. The number of likely N-dealkylation sites (N-methyl/N-ethyl adjacent to an activating group) is 1. The lowest BCUT2D eigenvalue weighted by Gasteiger charge is -2.31. The summed E-state index contributed by atoms with van der Waals surface area (Å²) in [4.78, 5) is 4.59. The smallest absolute Gasteiger partial charge is 0.243 e. The Kier molecular flexibility index (Phi) is 5.39. The van der Waals surface area contributed by atoms with E-state index >= 15 is 0 Å². The van der Waals surface area contributed by atoms with Crippen LogP contribution >= 0.6 is 12.4 Å². The van der Waals surface area contributed by atoms with E-state index in [1.165, 1.54) is 0 Å². The van der Waals surface area contributed by atoms with Gasteiger partial charge in [0, 0.05) is 30.7 Å². The van der Waals surface area contributed by atoms with E-state index in [2.05, 4.69) is 10.3 Å². The van der Waals surface area contributed by atoms with Gasteiger partial charge in [0.25, 0.3) is 0 Å². The first-order valence-corrected chi connectivity index (χ1v) is 8.58. The number of hydrogen-bond donors (Lipinski definition) is 1. The van der Waals surface area contributed by atoms with Crippen molar-refractivity contribution < 1.29 is 8.42 Å².